The predicted octanol–water partition coefficient (Wildman–Crippen LogP) is 4.52. The van der Waals surface area contributed by atoms with Crippen LogP contribution in [0.25, 0.3) is 0 Å². The Morgan fingerprint density at radius 2 is 1.76 bits per heavy atom. The molecule has 3 rings (SSSR count). The van der Waals surface area contributed by atoms with Crippen LogP contribution in [-0.2, 0) is 16.2 Å². The maximum atomic E-state index is 12.1. The Morgan fingerprint density at radius 3 is 2.50 bits per heavy atom. The molecule has 176 valence electrons. The quantitative estimate of drug-likeness (QED) is 0.230. The highest BCUT2D eigenvalue weighted by Gasteiger charge is 2.12. The van der Waals surface area contributed by atoms with Gasteiger partial charge in [-0.3, -0.25) is 9.59 Å². The standard InChI is InChI=1S/C25H24BrN3O5/c1-32-20-10-6-9-19(13-20)28-23(30)14-24(31)29-27-15-18-11-21(26)25(22(12-18)33-2)34-16-17-7-4-3-5-8-17/h3-13,15H,14,16H2,1-2H3,(H,28,30)(H,29,31). The number of amides is 2. The number of methoxy groups -OCH3 is 2. The fourth-order valence-electron chi connectivity index (χ4n) is 2.95. The monoisotopic (exact) mass is 525 g/mol. The first-order valence-corrected chi connectivity index (χ1v) is 11.1. The van der Waals surface area contributed by atoms with Gasteiger partial charge in [-0.1, -0.05) is 36.4 Å². The van der Waals surface area contributed by atoms with Gasteiger partial charge in [0.25, 0.3) is 0 Å². The first-order valence-electron chi connectivity index (χ1n) is 10.3. The molecule has 2 amide bonds. The second-order valence-electron chi connectivity index (χ2n) is 7.06. The molecule has 0 atom stereocenters. The summed E-state index contributed by atoms with van der Waals surface area (Å²) in [5, 5.41) is 6.57. The lowest BCUT2D eigenvalue weighted by Crippen LogP contribution is -2.24. The molecule has 0 bridgehead atoms. The molecule has 0 unspecified atom stereocenters. The SMILES string of the molecule is COc1cccc(NC(=O)CC(=O)NN=Cc2cc(Br)c(OCc3ccccc3)c(OC)c2)c1. The van der Waals surface area contributed by atoms with Gasteiger partial charge in [0, 0.05) is 11.8 Å². The molecule has 0 spiro atoms. The molecule has 0 saturated carbocycles. The summed E-state index contributed by atoms with van der Waals surface area (Å²) in [6.45, 7) is 0.386. The Kier molecular flexibility index (Phi) is 9.04. The van der Waals surface area contributed by atoms with Gasteiger partial charge in [-0.25, -0.2) is 5.43 Å². The average molecular weight is 526 g/mol. The summed E-state index contributed by atoms with van der Waals surface area (Å²) in [5.74, 6) is 0.651. The second kappa shape index (κ2) is 12.4. The Labute approximate surface area is 206 Å². The van der Waals surface area contributed by atoms with Crippen LogP contribution >= 0.6 is 15.9 Å². The van der Waals surface area contributed by atoms with E-state index in [1.54, 1.807) is 43.5 Å². The molecule has 0 fully saturated rings. The van der Waals surface area contributed by atoms with Crippen molar-refractivity contribution in [2.24, 2.45) is 5.10 Å². The van der Waals surface area contributed by atoms with Gasteiger partial charge in [-0.15, -0.1) is 0 Å². The molecule has 3 aromatic rings. The van der Waals surface area contributed by atoms with Gasteiger partial charge in [0.05, 0.1) is 24.9 Å². The van der Waals surface area contributed by atoms with Crippen LogP contribution in [0.4, 0.5) is 5.69 Å². The number of benzene rings is 3. The number of carbonyl (C=O) groups excluding carboxylic acids is 2. The molecule has 8 nitrogen and oxygen atoms in total. The summed E-state index contributed by atoms with van der Waals surface area (Å²) in [5.41, 5.74) is 4.57. The van der Waals surface area contributed by atoms with Crippen LogP contribution < -0.4 is 25.0 Å². The van der Waals surface area contributed by atoms with Crippen LogP contribution in [0.15, 0.2) is 76.3 Å². The zero-order chi connectivity index (χ0) is 24.3. The van der Waals surface area contributed by atoms with Crippen molar-refractivity contribution in [1.29, 1.82) is 0 Å². The van der Waals surface area contributed by atoms with E-state index >= 15 is 0 Å². The first-order chi connectivity index (χ1) is 16.5. The number of halogens is 1. The van der Waals surface area contributed by atoms with E-state index in [1.807, 2.05) is 30.3 Å². The molecular weight excluding hydrogens is 502 g/mol. The molecular formula is C25H24BrN3O5. The van der Waals surface area contributed by atoms with E-state index in [-0.39, 0.29) is 6.42 Å². The number of rotatable bonds is 10. The van der Waals surface area contributed by atoms with E-state index < -0.39 is 11.8 Å². The van der Waals surface area contributed by atoms with Crippen molar-refractivity contribution in [2.75, 3.05) is 19.5 Å². The summed E-state index contributed by atoms with van der Waals surface area (Å²) in [6.07, 6.45) is 1.07. The largest absolute Gasteiger partial charge is 0.497 e. The van der Waals surface area contributed by atoms with Crippen molar-refractivity contribution < 1.29 is 23.8 Å². The minimum absolute atomic E-state index is 0.381. The maximum Gasteiger partial charge on any atom is 0.249 e. The number of hydrogen-bond donors (Lipinski definition) is 2. The molecule has 0 saturated heterocycles. The fraction of sp³-hybridized carbons (Fsp3) is 0.160. The van der Waals surface area contributed by atoms with E-state index in [2.05, 4.69) is 31.8 Å². The normalized spacial score (nSPS) is 10.6. The van der Waals surface area contributed by atoms with E-state index in [0.29, 0.717) is 39.6 Å². The maximum absolute atomic E-state index is 12.1. The summed E-state index contributed by atoms with van der Waals surface area (Å²) < 4.78 is 17.1. The third-order valence-corrected chi connectivity index (χ3v) is 5.14. The van der Waals surface area contributed by atoms with Crippen LogP contribution in [-0.4, -0.2) is 32.2 Å². The van der Waals surface area contributed by atoms with Crippen molar-refractivity contribution in [1.82, 2.24) is 5.43 Å². The van der Waals surface area contributed by atoms with Crippen LogP contribution in [0.1, 0.15) is 17.5 Å². The van der Waals surface area contributed by atoms with Gasteiger partial charge in [0.2, 0.25) is 11.8 Å². The Bertz CT molecular complexity index is 1170. The summed E-state index contributed by atoms with van der Waals surface area (Å²) in [7, 11) is 3.08. The molecule has 0 heterocycles. The highest BCUT2D eigenvalue weighted by atomic mass is 79.9. The second-order valence-corrected chi connectivity index (χ2v) is 7.91. The zero-order valence-electron chi connectivity index (χ0n) is 18.7. The van der Waals surface area contributed by atoms with Crippen LogP contribution in [0.2, 0.25) is 0 Å². The lowest BCUT2D eigenvalue weighted by Gasteiger charge is -2.13. The van der Waals surface area contributed by atoms with Crippen LogP contribution in [0.3, 0.4) is 0 Å². The number of anilines is 1. The third kappa shape index (κ3) is 7.35. The highest BCUT2D eigenvalue weighted by molar-refractivity contribution is 9.10. The molecule has 0 aliphatic heterocycles. The fourth-order valence-corrected chi connectivity index (χ4v) is 3.53. The third-order valence-electron chi connectivity index (χ3n) is 4.56. The smallest absolute Gasteiger partial charge is 0.249 e. The van der Waals surface area contributed by atoms with Crippen molar-refractivity contribution in [3.05, 3.63) is 82.3 Å². The molecule has 0 aliphatic rings. The summed E-state index contributed by atoms with van der Waals surface area (Å²) in [6, 6.07) is 20.2. The molecule has 0 aliphatic carbocycles. The van der Waals surface area contributed by atoms with Crippen LogP contribution in [0.5, 0.6) is 17.2 Å². The molecule has 0 aromatic heterocycles. The van der Waals surface area contributed by atoms with Crippen molar-refractivity contribution in [3.63, 3.8) is 0 Å². The Balaban J connectivity index is 1.55. The topological polar surface area (TPSA) is 98.2 Å². The summed E-state index contributed by atoms with van der Waals surface area (Å²) in [4.78, 5) is 24.1. The average Bonchev–Trinajstić information content (AvgIpc) is 2.83. The van der Waals surface area contributed by atoms with Crippen molar-refractivity contribution in [3.8, 4) is 17.2 Å². The molecule has 3 aromatic carbocycles. The highest BCUT2D eigenvalue weighted by Crippen LogP contribution is 2.36. The van der Waals surface area contributed by atoms with Gasteiger partial charge in [0.15, 0.2) is 11.5 Å². The molecule has 34 heavy (non-hydrogen) atoms. The minimum Gasteiger partial charge on any atom is -0.497 e. The van der Waals surface area contributed by atoms with E-state index in [4.69, 9.17) is 14.2 Å². The van der Waals surface area contributed by atoms with Gasteiger partial charge < -0.3 is 19.5 Å². The van der Waals surface area contributed by atoms with Gasteiger partial charge in [-0.05, 0) is 51.3 Å². The number of ether oxygens (including phenoxy) is 3. The van der Waals surface area contributed by atoms with Crippen molar-refractivity contribution >= 4 is 39.6 Å². The number of nitrogens with zero attached hydrogens (tertiary/aromatic N) is 1. The molecule has 9 heteroatoms. The van der Waals surface area contributed by atoms with Gasteiger partial charge in [-0.2, -0.15) is 5.10 Å². The van der Waals surface area contributed by atoms with Gasteiger partial charge in [0.1, 0.15) is 18.8 Å². The Morgan fingerprint density at radius 1 is 0.971 bits per heavy atom. The summed E-state index contributed by atoms with van der Waals surface area (Å²) >= 11 is 3.49. The van der Waals surface area contributed by atoms with E-state index in [1.165, 1.54) is 13.3 Å². The molecule has 2 N–H and O–H groups in total. The lowest BCUT2D eigenvalue weighted by molar-refractivity contribution is -0.126. The van der Waals surface area contributed by atoms with E-state index in [0.717, 1.165) is 5.56 Å². The van der Waals surface area contributed by atoms with Crippen LogP contribution in [0, 0.1) is 0 Å². The first kappa shape index (κ1) is 24.8. The van der Waals surface area contributed by atoms with E-state index in [9.17, 15) is 9.59 Å². The Hall–Kier alpha value is -3.85. The predicted molar refractivity (Wildman–Crippen MR) is 133 cm³/mol. The zero-order valence-corrected chi connectivity index (χ0v) is 20.3. The number of hydrogen-bond acceptors (Lipinski definition) is 6. The number of nitrogens with one attached hydrogen (secondary N) is 2. The lowest BCUT2D eigenvalue weighted by atomic mass is 10.2. The molecule has 0 radical (unpaired) electrons. The number of hydrazone groups is 1. The minimum atomic E-state index is -0.550. The van der Waals surface area contributed by atoms with Gasteiger partial charge >= 0.3 is 0 Å². The number of carbonyl (C=O) groups is 2. The van der Waals surface area contributed by atoms with Crippen molar-refractivity contribution in [2.45, 2.75) is 13.0 Å².